The molecule has 0 aliphatic carbocycles. The van der Waals surface area contributed by atoms with Crippen LogP contribution in [0, 0.1) is 0 Å². The Morgan fingerprint density at radius 1 is 1.67 bits per heavy atom. The number of rotatable bonds is 3. The van der Waals surface area contributed by atoms with Crippen LogP contribution < -0.4 is 0 Å². The molecule has 2 atom stereocenters. The van der Waals surface area contributed by atoms with Crippen molar-refractivity contribution in [2.75, 3.05) is 6.61 Å². The maximum atomic E-state index is 10.5. The molecule has 0 aromatic carbocycles. The van der Waals surface area contributed by atoms with E-state index in [2.05, 4.69) is 0 Å². The van der Waals surface area contributed by atoms with E-state index in [9.17, 15) is 4.57 Å². The van der Waals surface area contributed by atoms with E-state index in [-0.39, 0.29) is 0 Å². The van der Waals surface area contributed by atoms with Crippen LogP contribution in [0.2, 0.25) is 6.55 Å². The van der Waals surface area contributed by atoms with Gasteiger partial charge in [-0.05, 0) is 19.3 Å². The molecule has 1 saturated heterocycles. The molecule has 12 heavy (non-hydrogen) atoms. The highest BCUT2D eigenvalue weighted by atomic mass is 31.1. The van der Waals surface area contributed by atoms with Crippen LogP contribution in [0.3, 0.4) is 0 Å². The van der Waals surface area contributed by atoms with Crippen molar-refractivity contribution < 1.29 is 18.7 Å². The first-order chi connectivity index (χ1) is 5.68. The first-order valence-electron chi connectivity index (χ1n) is 4.24. The second-order valence-corrected chi connectivity index (χ2v) is 5.46. The van der Waals surface area contributed by atoms with Crippen molar-refractivity contribution in [2.24, 2.45) is 0 Å². The lowest BCUT2D eigenvalue weighted by molar-refractivity contribution is -0.146. The van der Waals surface area contributed by atoms with Gasteiger partial charge < -0.3 is 9.63 Å². The average molecular weight is 210 g/mol. The lowest BCUT2D eigenvalue weighted by Crippen LogP contribution is -2.42. The molecular formula is C6H15O4PSi. The Labute approximate surface area is 75.0 Å². The molecule has 1 aliphatic rings. The van der Waals surface area contributed by atoms with Gasteiger partial charge in [0.1, 0.15) is 0 Å². The predicted octanol–water partition coefficient (Wildman–Crippen LogP) is 0.456. The molecule has 4 nitrogen and oxygen atoms in total. The van der Waals surface area contributed by atoms with Gasteiger partial charge in [0, 0.05) is 6.61 Å². The second kappa shape index (κ2) is 4.53. The molecule has 1 heterocycles. The largest absolute Gasteiger partial charge is 0.354 e. The van der Waals surface area contributed by atoms with Crippen molar-refractivity contribution in [3.8, 4) is 0 Å². The minimum Gasteiger partial charge on any atom is -0.354 e. The Morgan fingerprint density at radius 2 is 2.42 bits per heavy atom. The zero-order valence-electron chi connectivity index (χ0n) is 7.21. The molecule has 1 N–H and O–H groups in total. The summed E-state index contributed by atoms with van der Waals surface area (Å²) in [5, 5.41) is 0. The van der Waals surface area contributed by atoms with Crippen LogP contribution in [0.5, 0.6) is 0 Å². The summed E-state index contributed by atoms with van der Waals surface area (Å²) in [6, 6.07) is 0. The summed E-state index contributed by atoms with van der Waals surface area (Å²) in [6.07, 6.45) is 2.86. The van der Waals surface area contributed by atoms with Crippen LogP contribution in [0.25, 0.3) is 0 Å². The molecule has 0 amide bonds. The second-order valence-electron chi connectivity index (χ2n) is 2.94. The maximum Gasteiger partial charge on any atom is 0.318 e. The third-order valence-corrected chi connectivity index (χ3v) is 4.74. The van der Waals surface area contributed by atoms with Crippen LogP contribution >= 0.6 is 8.25 Å². The lowest BCUT2D eigenvalue weighted by Gasteiger charge is -2.34. The molecule has 6 heteroatoms. The van der Waals surface area contributed by atoms with E-state index in [1.54, 1.807) is 0 Å². The summed E-state index contributed by atoms with van der Waals surface area (Å²) in [6.45, 7) is 2.70. The van der Waals surface area contributed by atoms with Crippen molar-refractivity contribution in [1.29, 1.82) is 0 Å². The minimum atomic E-state index is -2.84. The summed E-state index contributed by atoms with van der Waals surface area (Å²) in [5.41, 5.74) is -0.636. The molecule has 1 rings (SSSR count). The fraction of sp³-hybridized carbons (Fsp3) is 1.00. The third-order valence-electron chi connectivity index (χ3n) is 2.13. The van der Waals surface area contributed by atoms with Gasteiger partial charge in [-0.15, -0.1) is 0 Å². The smallest absolute Gasteiger partial charge is 0.318 e. The summed E-state index contributed by atoms with van der Waals surface area (Å²) in [4.78, 5) is 8.67. The van der Waals surface area contributed by atoms with Crippen molar-refractivity contribution in [1.82, 2.24) is 0 Å². The number of hydrogen-bond donors (Lipinski definition) is 1. The molecule has 0 aromatic rings. The molecule has 0 spiro atoms. The molecule has 0 radical (unpaired) electrons. The van der Waals surface area contributed by atoms with E-state index in [0.29, 0.717) is 6.61 Å². The first kappa shape index (κ1) is 10.4. The minimum absolute atomic E-state index is 0.560. The molecule has 1 aliphatic heterocycles. The molecule has 0 aromatic heterocycles. The number of ether oxygens (including phenoxy) is 1. The average Bonchev–Trinajstić information content (AvgIpc) is 2.05. The summed E-state index contributed by atoms with van der Waals surface area (Å²) in [7, 11) is -3.40. The van der Waals surface area contributed by atoms with Gasteiger partial charge in [0.2, 0.25) is 0 Å². The Kier molecular flexibility index (Phi) is 3.93. The Morgan fingerprint density at radius 3 is 2.83 bits per heavy atom. The van der Waals surface area contributed by atoms with Crippen LogP contribution in [-0.4, -0.2) is 26.4 Å². The molecule has 2 unspecified atom stereocenters. The van der Waals surface area contributed by atoms with Crippen molar-refractivity contribution in [3.63, 3.8) is 0 Å². The van der Waals surface area contributed by atoms with Crippen molar-refractivity contribution in [2.45, 2.75) is 31.2 Å². The van der Waals surface area contributed by atoms with Gasteiger partial charge in [-0.3, -0.25) is 9.09 Å². The van der Waals surface area contributed by atoms with Crippen LogP contribution in [0.15, 0.2) is 0 Å². The van der Waals surface area contributed by atoms with E-state index in [4.69, 9.17) is 14.2 Å². The van der Waals surface area contributed by atoms with Gasteiger partial charge in [-0.2, -0.15) is 0 Å². The Hall–Kier alpha value is 0.327. The van der Waals surface area contributed by atoms with Crippen molar-refractivity contribution >= 4 is 17.8 Å². The van der Waals surface area contributed by atoms with Gasteiger partial charge in [0.05, 0.1) is 9.52 Å². The van der Waals surface area contributed by atoms with E-state index in [1.165, 1.54) is 0 Å². The molecule has 0 saturated carbocycles. The fourth-order valence-corrected chi connectivity index (χ4v) is 3.80. The van der Waals surface area contributed by atoms with Gasteiger partial charge in [-0.25, -0.2) is 0 Å². The fourth-order valence-electron chi connectivity index (χ4n) is 1.42. The monoisotopic (exact) mass is 210 g/mol. The quantitative estimate of drug-likeness (QED) is 0.543. The molecule has 72 valence electrons. The lowest BCUT2D eigenvalue weighted by atomic mass is 10.2. The normalized spacial score (nSPS) is 34.2. The highest BCUT2D eigenvalue weighted by Gasteiger charge is 2.33. The van der Waals surface area contributed by atoms with Gasteiger partial charge in [-0.1, -0.05) is 6.55 Å². The van der Waals surface area contributed by atoms with Gasteiger partial charge in [0.25, 0.3) is 0 Å². The summed E-state index contributed by atoms with van der Waals surface area (Å²) in [5.74, 6) is 0. The number of hydrogen-bond acceptors (Lipinski definition) is 3. The highest BCUT2D eigenvalue weighted by Crippen LogP contribution is 2.33. The van der Waals surface area contributed by atoms with E-state index in [1.807, 2.05) is 6.55 Å². The standard InChI is InChI=1S/C6H15O4PSi/c1-12-6(10-11(7)8)4-2-3-5-9-6/h11H,2-5,12H2,1H3,(H,7,8). The van der Waals surface area contributed by atoms with Crippen LogP contribution in [0.4, 0.5) is 0 Å². The maximum absolute atomic E-state index is 10.5. The molecule has 1 fully saturated rings. The first-order valence-corrected chi connectivity index (χ1v) is 7.63. The highest BCUT2D eigenvalue weighted by molar-refractivity contribution is 7.32. The van der Waals surface area contributed by atoms with Crippen molar-refractivity contribution in [3.05, 3.63) is 0 Å². The van der Waals surface area contributed by atoms with Gasteiger partial charge in [0.15, 0.2) is 5.41 Å². The summed E-state index contributed by atoms with van der Waals surface area (Å²) < 4.78 is 20.9. The predicted molar refractivity (Wildman–Crippen MR) is 49.2 cm³/mol. The van der Waals surface area contributed by atoms with E-state index >= 15 is 0 Å². The van der Waals surface area contributed by atoms with Crippen LogP contribution in [-0.2, 0) is 13.8 Å². The van der Waals surface area contributed by atoms with E-state index in [0.717, 1.165) is 19.3 Å². The third kappa shape index (κ3) is 2.67. The molecular weight excluding hydrogens is 195 g/mol. The van der Waals surface area contributed by atoms with Gasteiger partial charge >= 0.3 is 8.25 Å². The van der Waals surface area contributed by atoms with E-state index < -0.39 is 23.2 Å². The van der Waals surface area contributed by atoms with Crippen LogP contribution in [0.1, 0.15) is 19.3 Å². The zero-order chi connectivity index (χ0) is 9.03. The zero-order valence-corrected chi connectivity index (χ0v) is 9.62. The Bertz CT molecular complexity index is 169. The molecule has 0 bridgehead atoms. The topological polar surface area (TPSA) is 55.8 Å². The SMILES string of the molecule is C[SiH2]C1(O[PH](=O)O)CCCCO1. The summed E-state index contributed by atoms with van der Waals surface area (Å²) >= 11 is 0. The Balaban J connectivity index is 2.53.